The fourth-order valence-electron chi connectivity index (χ4n) is 1.79. The van der Waals surface area contributed by atoms with Crippen molar-refractivity contribution in [2.24, 2.45) is 0 Å². The number of hydrogen-bond acceptors (Lipinski definition) is 5. The van der Waals surface area contributed by atoms with Crippen LogP contribution in [0, 0.1) is 20.8 Å². The monoisotopic (exact) mass is 247 g/mol. The number of aromatic nitrogens is 2. The first kappa shape index (κ1) is 12.4. The molecule has 0 amide bonds. The summed E-state index contributed by atoms with van der Waals surface area (Å²) in [5, 5.41) is 7.25. The molecule has 0 unspecified atom stereocenters. The number of anilines is 1. The molecule has 0 aliphatic heterocycles. The van der Waals surface area contributed by atoms with Crippen LogP contribution in [0.15, 0.2) is 16.8 Å². The van der Waals surface area contributed by atoms with Gasteiger partial charge in [-0.05, 0) is 26.8 Å². The Labute approximate surface area is 106 Å². The largest absolute Gasteiger partial charge is 0.493 e. The lowest BCUT2D eigenvalue weighted by Crippen LogP contribution is -2.04. The van der Waals surface area contributed by atoms with E-state index >= 15 is 0 Å². The van der Waals surface area contributed by atoms with Crippen molar-refractivity contribution in [3.05, 3.63) is 35.0 Å². The molecule has 2 heterocycles. The molecule has 18 heavy (non-hydrogen) atoms. The van der Waals surface area contributed by atoms with Crippen molar-refractivity contribution in [2.75, 3.05) is 12.4 Å². The summed E-state index contributed by atoms with van der Waals surface area (Å²) in [6, 6.07) is 1.96. The molecular weight excluding hydrogens is 230 g/mol. The Hall–Kier alpha value is -2.04. The molecule has 0 spiro atoms. The molecule has 0 fully saturated rings. The summed E-state index contributed by atoms with van der Waals surface area (Å²) < 4.78 is 10.4. The van der Waals surface area contributed by atoms with Crippen molar-refractivity contribution in [3.8, 4) is 5.75 Å². The van der Waals surface area contributed by atoms with Gasteiger partial charge in [-0.3, -0.25) is 4.98 Å². The topological polar surface area (TPSA) is 60.2 Å². The van der Waals surface area contributed by atoms with E-state index in [1.807, 2.05) is 26.8 Å². The third kappa shape index (κ3) is 2.45. The highest BCUT2D eigenvalue weighted by atomic mass is 16.5. The molecular formula is C13H17N3O2. The molecule has 0 radical (unpaired) electrons. The van der Waals surface area contributed by atoms with E-state index in [0.29, 0.717) is 6.54 Å². The van der Waals surface area contributed by atoms with E-state index in [-0.39, 0.29) is 0 Å². The van der Waals surface area contributed by atoms with Gasteiger partial charge in [-0.1, -0.05) is 5.16 Å². The lowest BCUT2D eigenvalue weighted by atomic mass is 10.2. The maximum Gasteiger partial charge on any atom is 0.160 e. The Balaban J connectivity index is 2.17. The fraction of sp³-hybridized carbons (Fsp3) is 0.385. The second-order valence-corrected chi connectivity index (χ2v) is 4.18. The van der Waals surface area contributed by atoms with Crippen LogP contribution in [0.1, 0.15) is 22.7 Å². The van der Waals surface area contributed by atoms with Gasteiger partial charge in [-0.2, -0.15) is 0 Å². The van der Waals surface area contributed by atoms with Gasteiger partial charge in [0, 0.05) is 17.8 Å². The molecule has 0 aromatic carbocycles. The van der Waals surface area contributed by atoms with Gasteiger partial charge in [-0.15, -0.1) is 0 Å². The Morgan fingerprint density at radius 3 is 2.72 bits per heavy atom. The predicted octanol–water partition coefficient (Wildman–Crippen LogP) is 2.62. The number of rotatable bonds is 4. The average Bonchev–Trinajstić information content (AvgIpc) is 2.67. The van der Waals surface area contributed by atoms with Gasteiger partial charge in [0.05, 0.1) is 24.7 Å². The lowest BCUT2D eigenvalue weighted by Gasteiger charge is -2.11. The number of ether oxygens (including phenoxy) is 1. The van der Waals surface area contributed by atoms with E-state index in [1.165, 1.54) is 0 Å². The first-order valence-corrected chi connectivity index (χ1v) is 5.78. The number of aryl methyl sites for hydroxylation is 3. The first-order chi connectivity index (χ1) is 8.61. The molecule has 0 aliphatic carbocycles. The average molecular weight is 247 g/mol. The maximum atomic E-state index is 5.27. The number of methoxy groups -OCH3 is 1. The standard InChI is InChI=1S/C13H17N3O2/c1-8-5-12(13(17-4)7-14-8)15-6-11-9(2)16-18-10(11)3/h5,7H,6H2,1-4H3,(H,14,15). The normalized spacial score (nSPS) is 10.4. The first-order valence-electron chi connectivity index (χ1n) is 5.78. The third-order valence-corrected chi connectivity index (χ3v) is 2.86. The smallest absolute Gasteiger partial charge is 0.160 e. The Kier molecular flexibility index (Phi) is 3.50. The van der Waals surface area contributed by atoms with Crippen LogP contribution >= 0.6 is 0 Å². The minimum atomic E-state index is 0.654. The summed E-state index contributed by atoms with van der Waals surface area (Å²) in [6.45, 7) is 6.44. The summed E-state index contributed by atoms with van der Waals surface area (Å²) in [7, 11) is 1.63. The van der Waals surface area contributed by atoms with Crippen molar-refractivity contribution >= 4 is 5.69 Å². The van der Waals surface area contributed by atoms with Crippen LogP contribution in [0.2, 0.25) is 0 Å². The van der Waals surface area contributed by atoms with Gasteiger partial charge in [0.2, 0.25) is 0 Å². The number of hydrogen-bond donors (Lipinski definition) is 1. The quantitative estimate of drug-likeness (QED) is 0.899. The van der Waals surface area contributed by atoms with Gasteiger partial charge in [0.15, 0.2) is 5.75 Å². The van der Waals surface area contributed by atoms with E-state index in [2.05, 4.69) is 15.5 Å². The SMILES string of the molecule is COc1cnc(C)cc1NCc1c(C)noc1C. The molecule has 2 rings (SSSR count). The highest BCUT2D eigenvalue weighted by Crippen LogP contribution is 2.25. The van der Waals surface area contributed by atoms with Gasteiger partial charge >= 0.3 is 0 Å². The maximum absolute atomic E-state index is 5.27. The van der Waals surface area contributed by atoms with Crippen LogP contribution < -0.4 is 10.1 Å². The number of pyridine rings is 1. The molecule has 5 heteroatoms. The molecule has 96 valence electrons. The summed E-state index contributed by atoms with van der Waals surface area (Å²) in [5.41, 5.74) is 3.85. The van der Waals surface area contributed by atoms with Gasteiger partial charge < -0.3 is 14.6 Å². The highest BCUT2D eigenvalue weighted by molar-refractivity contribution is 5.56. The predicted molar refractivity (Wildman–Crippen MR) is 68.8 cm³/mol. The molecule has 0 bridgehead atoms. The molecule has 0 atom stereocenters. The zero-order valence-electron chi connectivity index (χ0n) is 11.1. The number of nitrogens with one attached hydrogen (secondary N) is 1. The minimum absolute atomic E-state index is 0.654. The molecule has 0 saturated heterocycles. The summed E-state index contributed by atoms with van der Waals surface area (Å²) in [5.74, 6) is 1.57. The molecule has 2 aromatic rings. The molecule has 2 aromatic heterocycles. The van der Waals surface area contributed by atoms with Gasteiger partial charge in [-0.25, -0.2) is 0 Å². The Morgan fingerprint density at radius 1 is 1.33 bits per heavy atom. The van der Waals surface area contributed by atoms with E-state index in [9.17, 15) is 0 Å². The number of nitrogens with zero attached hydrogens (tertiary/aromatic N) is 2. The van der Waals surface area contributed by atoms with Crippen molar-refractivity contribution in [1.82, 2.24) is 10.1 Å². The highest BCUT2D eigenvalue weighted by Gasteiger charge is 2.10. The van der Waals surface area contributed by atoms with Crippen molar-refractivity contribution < 1.29 is 9.26 Å². The summed E-state index contributed by atoms with van der Waals surface area (Å²) in [4.78, 5) is 4.19. The second-order valence-electron chi connectivity index (χ2n) is 4.18. The second kappa shape index (κ2) is 5.08. The van der Waals surface area contributed by atoms with Crippen molar-refractivity contribution in [3.63, 3.8) is 0 Å². The van der Waals surface area contributed by atoms with Crippen LogP contribution in [0.5, 0.6) is 5.75 Å². The molecule has 0 saturated carbocycles. The zero-order chi connectivity index (χ0) is 13.1. The van der Waals surface area contributed by atoms with Crippen LogP contribution in [0.4, 0.5) is 5.69 Å². The van der Waals surface area contributed by atoms with Crippen LogP contribution in [-0.4, -0.2) is 17.3 Å². The van der Waals surface area contributed by atoms with Crippen molar-refractivity contribution in [2.45, 2.75) is 27.3 Å². The van der Waals surface area contributed by atoms with Crippen LogP contribution in [0.25, 0.3) is 0 Å². The van der Waals surface area contributed by atoms with Gasteiger partial charge in [0.25, 0.3) is 0 Å². The minimum Gasteiger partial charge on any atom is -0.493 e. The summed E-state index contributed by atoms with van der Waals surface area (Å²) >= 11 is 0. The van der Waals surface area contributed by atoms with Crippen LogP contribution in [0.3, 0.4) is 0 Å². The van der Waals surface area contributed by atoms with Gasteiger partial charge in [0.1, 0.15) is 5.76 Å². The third-order valence-electron chi connectivity index (χ3n) is 2.86. The van der Waals surface area contributed by atoms with Crippen LogP contribution in [-0.2, 0) is 6.54 Å². The Bertz CT molecular complexity index is 530. The fourth-order valence-corrected chi connectivity index (χ4v) is 1.79. The zero-order valence-corrected chi connectivity index (χ0v) is 11.1. The molecule has 5 nitrogen and oxygen atoms in total. The Morgan fingerprint density at radius 2 is 2.11 bits per heavy atom. The van der Waals surface area contributed by atoms with E-state index in [4.69, 9.17) is 9.26 Å². The summed E-state index contributed by atoms with van der Waals surface area (Å²) in [6.07, 6.45) is 1.71. The van der Waals surface area contributed by atoms with E-state index < -0.39 is 0 Å². The molecule has 0 aliphatic rings. The molecule has 1 N–H and O–H groups in total. The van der Waals surface area contributed by atoms with E-state index in [1.54, 1.807) is 13.3 Å². The van der Waals surface area contributed by atoms with E-state index in [0.717, 1.165) is 34.1 Å². The van der Waals surface area contributed by atoms with Crippen molar-refractivity contribution in [1.29, 1.82) is 0 Å². The lowest BCUT2D eigenvalue weighted by molar-refractivity contribution is 0.392.